The topological polar surface area (TPSA) is 44.8 Å². The van der Waals surface area contributed by atoms with Crippen LogP contribution in [0.3, 0.4) is 0 Å². The van der Waals surface area contributed by atoms with Crippen LogP contribution in [0.1, 0.15) is 32.8 Å². The summed E-state index contributed by atoms with van der Waals surface area (Å²) in [6.07, 6.45) is 0.879. The molecule has 0 saturated carbocycles. The number of methoxy groups -OCH3 is 1. The highest BCUT2D eigenvalue weighted by Gasteiger charge is 2.21. The van der Waals surface area contributed by atoms with Gasteiger partial charge in [-0.25, -0.2) is 4.79 Å². The summed E-state index contributed by atoms with van der Waals surface area (Å²) in [5, 5.41) is 0. The lowest BCUT2D eigenvalue weighted by molar-refractivity contribution is -0.151. The first kappa shape index (κ1) is 15.3. The van der Waals surface area contributed by atoms with Crippen molar-refractivity contribution in [2.24, 2.45) is 0 Å². The zero-order valence-electron chi connectivity index (χ0n) is 12.1. The van der Waals surface area contributed by atoms with Crippen molar-refractivity contribution in [1.29, 1.82) is 0 Å². The van der Waals surface area contributed by atoms with E-state index in [0.717, 1.165) is 12.0 Å². The third kappa shape index (κ3) is 4.16. The van der Waals surface area contributed by atoms with Crippen LogP contribution in [0.4, 0.5) is 0 Å². The maximum atomic E-state index is 11.7. The minimum atomic E-state index is -0.596. The van der Waals surface area contributed by atoms with Gasteiger partial charge in [0.05, 0.1) is 13.7 Å². The molecule has 0 N–H and O–H groups in total. The van der Waals surface area contributed by atoms with Crippen LogP contribution in [0.15, 0.2) is 18.2 Å². The van der Waals surface area contributed by atoms with Crippen LogP contribution in [0.2, 0.25) is 0 Å². The third-order valence-electron chi connectivity index (χ3n) is 2.83. The molecular weight excluding hydrogens is 244 g/mol. The molecule has 0 heterocycles. The van der Waals surface area contributed by atoms with Crippen molar-refractivity contribution >= 4 is 5.97 Å². The highest BCUT2D eigenvalue weighted by Crippen LogP contribution is 2.29. The average molecular weight is 266 g/mol. The lowest BCUT2D eigenvalue weighted by Gasteiger charge is -2.18. The minimum absolute atomic E-state index is 0.341. The maximum absolute atomic E-state index is 11.7. The van der Waals surface area contributed by atoms with Gasteiger partial charge in [0, 0.05) is 0 Å². The number of aryl methyl sites for hydroxylation is 1. The largest absolute Gasteiger partial charge is 0.493 e. The molecule has 0 spiro atoms. The van der Waals surface area contributed by atoms with E-state index >= 15 is 0 Å². The summed E-state index contributed by atoms with van der Waals surface area (Å²) < 4.78 is 16.0. The van der Waals surface area contributed by atoms with Crippen molar-refractivity contribution in [1.82, 2.24) is 0 Å². The molecule has 0 fully saturated rings. The number of hydrogen-bond acceptors (Lipinski definition) is 4. The van der Waals surface area contributed by atoms with Crippen LogP contribution in [0.25, 0.3) is 0 Å². The van der Waals surface area contributed by atoms with Crippen LogP contribution >= 0.6 is 0 Å². The first-order valence-corrected chi connectivity index (χ1v) is 6.66. The Bertz CT molecular complexity index is 415. The Morgan fingerprint density at radius 2 is 1.95 bits per heavy atom. The molecule has 0 aliphatic rings. The molecule has 1 aromatic carbocycles. The molecular formula is C15H22O4. The Kier molecular flexibility index (Phi) is 6.19. The highest BCUT2D eigenvalue weighted by atomic mass is 16.6. The van der Waals surface area contributed by atoms with Crippen LogP contribution in [0.5, 0.6) is 11.5 Å². The van der Waals surface area contributed by atoms with Crippen LogP contribution in [-0.4, -0.2) is 25.8 Å². The number of rotatable bonds is 7. The average Bonchev–Trinajstić information content (AvgIpc) is 2.44. The molecule has 0 bridgehead atoms. The molecule has 0 amide bonds. The molecule has 0 aliphatic heterocycles. The van der Waals surface area contributed by atoms with Gasteiger partial charge in [-0.15, -0.1) is 0 Å². The smallest absolute Gasteiger partial charge is 0.347 e. The van der Waals surface area contributed by atoms with Crippen molar-refractivity contribution in [2.45, 2.75) is 39.7 Å². The van der Waals surface area contributed by atoms with Gasteiger partial charge < -0.3 is 14.2 Å². The molecule has 4 heteroatoms. The Labute approximate surface area is 114 Å². The Balaban J connectivity index is 2.87. The summed E-state index contributed by atoms with van der Waals surface area (Å²) in [6.45, 7) is 6.09. The zero-order chi connectivity index (χ0) is 14.3. The molecule has 1 atom stereocenters. The normalized spacial score (nSPS) is 11.8. The summed E-state index contributed by atoms with van der Waals surface area (Å²) in [7, 11) is 1.59. The fourth-order valence-corrected chi connectivity index (χ4v) is 1.72. The quantitative estimate of drug-likeness (QED) is 0.712. The van der Waals surface area contributed by atoms with Crippen molar-refractivity contribution < 1.29 is 19.0 Å². The summed E-state index contributed by atoms with van der Waals surface area (Å²) in [4.78, 5) is 11.7. The van der Waals surface area contributed by atoms with Gasteiger partial charge >= 0.3 is 5.97 Å². The second-order valence-corrected chi connectivity index (χ2v) is 4.11. The van der Waals surface area contributed by atoms with Gasteiger partial charge in [0.2, 0.25) is 0 Å². The van der Waals surface area contributed by atoms with Crippen LogP contribution in [0, 0.1) is 0 Å². The van der Waals surface area contributed by atoms with E-state index in [2.05, 4.69) is 6.92 Å². The highest BCUT2D eigenvalue weighted by molar-refractivity contribution is 5.75. The van der Waals surface area contributed by atoms with E-state index in [0.29, 0.717) is 24.5 Å². The minimum Gasteiger partial charge on any atom is -0.493 e. The summed E-state index contributed by atoms with van der Waals surface area (Å²) >= 11 is 0. The number of hydrogen-bond donors (Lipinski definition) is 0. The number of esters is 1. The molecule has 4 nitrogen and oxygen atoms in total. The van der Waals surface area contributed by atoms with Crippen molar-refractivity contribution in [3.8, 4) is 11.5 Å². The monoisotopic (exact) mass is 266 g/mol. The fourth-order valence-electron chi connectivity index (χ4n) is 1.72. The van der Waals surface area contributed by atoms with Gasteiger partial charge in [0.15, 0.2) is 17.6 Å². The summed E-state index contributed by atoms with van der Waals surface area (Å²) in [6, 6.07) is 5.72. The number of benzene rings is 1. The number of carbonyl (C=O) groups is 1. The van der Waals surface area contributed by atoms with E-state index in [1.165, 1.54) is 0 Å². The SMILES string of the molecule is CCOC(=O)C(CC)Oc1ccc(CC)cc1OC. The molecule has 1 aromatic rings. The molecule has 0 aliphatic carbocycles. The third-order valence-corrected chi connectivity index (χ3v) is 2.83. The van der Waals surface area contributed by atoms with E-state index < -0.39 is 6.10 Å². The molecule has 1 rings (SSSR count). The van der Waals surface area contributed by atoms with Crippen molar-refractivity contribution in [3.63, 3.8) is 0 Å². The first-order valence-electron chi connectivity index (χ1n) is 6.66. The molecule has 0 radical (unpaired) electrons. The molecule has 19 heavy (non-hydrogen) atoms. The second-order valence-electron chi connectivity index (χ2n) is 4.11. The zero-order valence-corrected chi connectivity index (χ0v) is 12.1. The summed E-state index contributed by atoms with van der Waals surface area (Å²) in [5.74, 6) is 0.869. The van der Waals surface area contributed by atoms with Gasteiger partial charge in [-0.3, -0.25) is 0 Å². The van der Waals surface area contributed by atoms with Crippen molar-refractivity contribution in [3.05, 3.63) is 23.8 Å². The first-order chi connectivity index (χ1) is 9.15. The van der Waals surface area contributed by atoms with E-state index in [-0.39, 0.29) is 5.97 Å². The van der Waals surface area contributed by atoms with E-state index in [4.69, 9.17) is 14.2 Å². The van der Waals surface area contributed by atoms with Gasteiger partial charge in [0.25, 0.3) is 0 Å². The van der Waals surface area contributed by atoms with Gasteiger partial charge in [-0.2, -0.15) is 0 Å². The van der Waals surface area contributed by atoms with Gasteiger partial charge in [-0.1, -0.05) is 19.9 Å². The van der Waals surface area contributed by atoms with Crippen LogP contribution in [-0.2, 0) is 16.0 Å². The standard InChI is InChI=1S/C15H22O4/c1-5-11-8-9-13(14(10-11)17-4)19-12(6-2)15(16)18-7-3/h8-10,12H,5-7H2,1-4H3. The van der Waals surface area contributed by atoms with Gasteiger partial charge in [0.1, 0.15) is 0 Å². The Hall–Kier alpha value is -1.71. The number of carbonyl (C=O) groups excluding carboxylic acids is 1. The van der Waals surface area contributed by atoms with E-state index in [1.807, 2.05) is 25.1 Å². The predicted molar refractivity (Wildman–Crippen MR) is 73.7 cm³/mol. The lowest BCUT2D eigenvalue weighted by atomic mass is 10.1. The maximum Gasteiger partial charge on any atom is 0.347 e. The number of ether oxygens (including phenoxy) is 3. The second kappa shape index (κ2) is 7.67. The molecule has 106 valence electrons. The molecule has 1 unspecified atom stereocenters. The fraction of sp³-hybridized carbons (Fsp3) is 0.533. The van der Waals surface area contributed by atoms with E-state index in [9.17, 15) is 4.79 Å². The van der Waals surface area contributed by atoms with Gasteiger partial charge in [-0.05, 0) is 37.5 Å². The molecule has 0 saturated heterocycles. The van der Waals surface area contributed by atoms with Crippen LogP contribution < -0.4 is 9.47 Å². The van der Waals surface area contributed by atoms with E-state index in [1.54, 1.807) is 14.0 Å². The summed E-state index contributed by atoms with van der Waals surface area (Å²) in [5.41, 5.74) is 1.16. The lowest BCUT2D eigenvalue weighted by Crippen LogP contribution is -2.28. The Morgan fingerprint density at radius 3 is 2.47 bits per heavy atom. The molecule has 0 aromatic heterocycles. The predicted octanol–water partition coefficient (Wildman–Crippen LogP) is 2.98. The Morgan fingerprint density at radius 1 is 1.21 bits per heavy atom. The van der Waals surface area contributed by atoms with Crippen molar-refractivity contribution in [2.75, 3.05) is 13.7 Å².